The highest BCUT2D eigenvalue weighted by atomic mass is 16.1. The summed E-state index contributed by atoms with van der Waals surface area (Å²) in [7, 11) is 0. The van der Waals surface area contributed by atoms with E-state index in [-0.39, 0.29) is 5.91 Å². The molecule has 0 unspecified atom stereocenters. The molecule has 0 saturated carbocycles. The maximum absolute atomic E-state index is 10.7. The summed E-state index contributed by atoms with van der Waals surface area (Å²) in [6, 6.07) is 5.99. The van der Waals surface area contributed by atoms with E-state index in [1.165, 1.54) is 6.92 Å². The summed E-state index contributed by atoms with van der Waals surface area (Å²) in [4.78, 5) is 10.7. The Hall–Kier alpha value is -1.88. The molecule has 0 spiro atoms. The second-order valence-corrected chi connectivity index (χ2v) is 3.86. The molecule has 1 amide bonds. The summed E-state index contributed by atoms with van der Waals surface area (Å²) in [6.07, 6.45) is 3.79. The van der Waals surface area contributed by atoms with Crippen molar-refractivity contribution < 1.29 is 4.79 Å². The first-order valence-electron chi connectivity index (χ1n) is 5.64. The maximum atomic E-state index is 10.7. The minimum Gasteiger partial charge on any atom is -0.355 e. The van der Waals surface area contributed by atoms with E-state index in [0.29, 0.717) is 6.54 Å². The van der Waals surface area contributed by atoms with E-state index in [0.717, 1.165) is 24.2 Å². The van der Waals surface area contributed by atoms with Gasteiger partial charge in [0.25, 0.3) is 0 Å². The van der Waals surface area contributed by atoms with Gasteiger partial charge in [0.15, 0.2) is 0 Å². The van der Waals surface area contributed by atoms with Crippen LogP contribution in [0.5, 0.6) is 0 Å². The molecule has 2 N–H and O–H groups in total. The highest BCUT2D eigenvalue weighted by Gasteiger charge is 2.01. The Morgan fingerprint density at radius 3 is 3.12 bits per heavy atom. The van der Waals surface area contributed by atoms with Crippen LogP contribution in [0.1, 0.15) is 12.5 Å². The zero-order chi connectivity index (χ0) is 12.1. The number of hydrogen-bond acceptors (Lipinski definition) is 3. The SMILES string of the molecule is CC(=O)NCCNCc1cnn2ccccc12. The number of amides is 1. The number of pyridine rings is 1. The topological polar surface area (TPSA) is 58.4 Å². The Balaban J connectivity index is 1.85. The van der Waals surface area contributed by atoms with E-state index in [4.69, 9.17) is 0 Å². The van der Waals surface area contributed by atoms with Gasteiger partial charge in [-0.1, -0.05) is 6.07 Å². The number of aromatic nitrogens is 2. The van der Waals surface area contributed by atoms with Crippen molar-refractivity contribution in [1.82, 2.24) is 20.2 Å². The van der Waals surface area contributed by atoms with Crippen LogP contribution in [0.25, 0.3) is 5.52 Å². The van der Waals surface area contributed by atoms with Crippen LogP contribution in [0.4, 0.5) is 0 Å². The second-order valence-electron chi connectivity index (χ2n) is 3.86. The minimum atomic E-state index is 0.00258. The summed E-state index contributed by atoms with van der Waals surface area (Å²) in [5, 5.41) is 10.3. The first-order valence-corrected chi connectivity index (χ1v) is 5.64. The van der Waals surface area contributed by atoms with Crippen LogP contribution in [0.2, 0.25) is 0 Å². The normalized spacial score (nSPS) is 10.6. The van der Waals surface area contributed by atoms with Crippen LogP contribution < -0.4 is 10.6 Å². The molecule has 0 saturated heterocycles. The van der Waals surface area contributed by atoms with Gasteiger partial charge in [-0.15, -0.1) is 0 Å². The monoisotopic (exact) mass is 232 g/mol. The smallest absolute Gasteiger partial charge is 0.216 e. The number of nitrogens with zero attached hydrogens (tertiary/aromatic N) is 2. The number of fused-ring (bicyclic) bond motifs is 1. The van der Waals surface area contributed by atoms with Crippen LogP contribution in [-0.4, -0.2) is 28.6 Å². The standard InChI is InChI=1S/C12H16N4O/c1-10(17)14-6-5-13-8-11-9-15-16-7-3-2-4-12(11)16/h2-4,7,9,13H,5-6,8H2,1H3,(H,14,17). The number of rotatable bonds is 5. The molecule has 0 radical (unpaired) electrons. The lowest BCUT2D eigenvalue weighted by molar-refractivity contribution is -0.118. The van der Waals surface area contributed by atoms with Crippen molar-refractivity contribution in [3.8, 4) is 0 Å². The maximum Gasteiger partial charge on any atom is 0.216 e. The first-order chi connectivity index (χ1) is 8.27. The zero-order valence-corrected chi connectivity index (χ0v) is 9.81. The van der Waals surface area contributed by atoms with Gasteiger partial charge in [0, 0.05) is 38.3 Å². The Bertz CT molecular complexity index is 506. The predicted molar refractivity (Wildman–Crippen MR) is 65.6 cm³/mol. The number of carbonyl (C=O) groups excluding carboxylic acids is 1. The fourth-order valence-electron chi connectivity index (χ4n) is 1.67. The van der Waals surface area contributed by atoms with E-state index < -0.39 is 0 Å². The van der Waals surface area contributed by atoms with Gasteiger partial charge in [0.2, 0.25) is 5.91 Å². The number of nitrogens with one attached hydrogen (secondary N) is 2. The van der Waals surface area contributed by atoms with Crippen LogP contribution in [0, 0.1) is 0 Å². The van der Waals surface area contributed by atoms with Gasteiger partial charge in [0.05, 0.1) is 11.7 Å². The summed E-state index contributed by atoms with van der Waals surface area (Å²) in [6.45, 7) is 3.68. The first kappa shape index (κ1) is 11.6. The van der Waals surface area contributed by atoms with E-state index in [2.05, 4.69) is 15.7 Å². The molecule has 2 rings (SSSR count). The fourth-order valence-corrected chi connectivity index (χ4v) is 1.67. The van der Waals surface area contributed by atoms with Crippen molar-refractivity contribution in [2.45, 2.75) is 13.5 Å². The van der Waals surface area contributed by atoms with Crippen molar-refractivity contribution >= 4 is 11.4 Å². The van der Waals surface area contributed by atoms with E-state index in [1.54, 1.807) is 0 Å². The van der Waals surface area contributed by atoms with E-state index >= 15 is 0 Å². The molecular weight excluding hydrogens is 216 g/mol. The van der Waals surface area contributed by atoms with Gasteiger partial charge in [-0.2, -0.15) is 5.10 Å². The van der Waals surface area contributed by atoms with Crippen molar-refractivity contribution in [2.75, 3.05) is 13.1 Å². The Morgan fingerprint density at radius 1 is 1.41 bits per heavy atom. The van der Waals surface area contributed by atoms with Crippen LogP contribution >= 0.6 is 0 Å². The largest absolute Gasteiger partial charge is 0.355 e. The summed E-state index contributed by atoms with van der Waals surface area (Å²) in [5.41, 5.74) is 2.27. The van der Waals surface area contributed by atoms with Gasteiger partial charge in [0.1, 0.15) is 0 Å². The molecular formula is C12H16N4O. The molecule has 2 aromatic heterocycles. The van der Waals surface area contributed by atoms with Crippen LogP contribution in [0.15, 0.2) is 30.6 Å². The molecule has 0 aromatic carbocycles. The molecule has 0 aliphatic heterocycles. The molecule has 90 valence electrons. The van der Waals surface area contributed by atoms with E-state index in [9.17, 15) is 4.79 Å². The Kier molecular flexibility index (Phi) is 3.72. The lowest BCUT2D eigenvalue weighted by Crippen LogP contribution is -2.29. The quantitative estimate of drug-likeness (QED) is 0.741. The predicted octanol–water partition coefficient (Wildman–Crippen LogP) is 0.560. The fraction of sp³-hybridized carbons (Fsp3) is 0.333. The third-order valence-electron chi connectivity index (χ3n) is 2.50. The van der Waals surface area contributed by atoms with Crippen molar-refractivity contribution in [3.63, 3.8) is 0 Å². The Labute approximate surface area is 99.8 Å². The molecule has 0 aliphatic carbocycles. The summed E-state index contributed by atoms with van der Waals surface area (Å²) >= 11 is 0. The summed E-state index contributed by atoms with van der Waals surface area (Å²) < 4.78 is 1.85. The third kappa shape index (κ3) is 3.04. The highest BCUT2D eigenvalue weighted by Crippen LogP contribution is 2.08. The summed E-state index contributed by atoms with van der Waals surface area (Å²) in [5.74, 6) is 0.00258. The van der Waals surface area contributed by atoms with Crippen molar-refractivity contribution in [2.24, 2.45) is 0 Å². The van der Waals surface area contributed by atoms with Crippen molar-refractivity contribution in [3.05, 3.63) is 36.2 Å². The molecule has 5 heteroatoms. The highest BCUT2D eigenvalue weighted by molar-refractivity contribution is 5.72. The molecule has 5 nitrogen and oxygen atoms in total. The van der Waals surface area contributed by atoms with Crippen LogP contribution in [-0.2, 0) is 11.3 Å². The van der Waals surface area contributed by atoms with Gasteiger partial charge < -0.3 is 10.6 Å². The van der Waals surface area contributed by atoms with Gasteiger partial charge in [-0.05, 0) is 12.1 Å². The molecule has 0 fully saturated rings. The Morgan fingerprint density at radius 2 is 2.29 bits per heavy atom. The average Bonchev–Trinajstić information content (AvgIpc) is 2.72. The van der Waals surface area contributed by atoms with Crippen molar-refractivity contribution in [1.29, 1.82) is 0 Å². The molecule has 0 aliphatic rings. The third-order valence-corrected chi connectivity index (χ3v) is 2.50. The molecule has 2 aromatic rings. The minimum absolute atomic E-state index is 0.00258. The number of carbonyl (C=O) groups is 1. The van der Waals surface area contributed by atoms with Crippen LogP contribution in [0.3, 0.4) is 0 Å². The average molecular weight is 232 g/mol. The molecule has 0 bridgehead atoms. The molecule has 17 heavy (non-hydrogen) atoms. The second kappa shape index (κ2) is 5.45. The lowest BCUT2D eigenvalue weighted by Gasteiger charge is -2.04. The lowest BCUT2D eigenvalue weighted by atomic mass is 10.2. The van der Waals surface area contributed by atoms with Gasteiger partial charge in [-0.25, -0.2) is 4.52 Å². The molecule has 0 atom stereocenters. The van der Waals surface area contributed by atoms with Gasteiger partial charge in [-0.3, -0.25) is 4.79 Å². The number of hydrogen-bond donors (Lipinski definition) is 2. The van der Waals surface area contributed by atoms with Gasteiger partial charge >= 0.3 is 0 Å². The zero-order valence-electron chi connectivity index (χ0n) is 9.81. The van der Waals surface area contributed by atoms with E-state index in [1.807, 2.05) is 35.1 Å². The molecule has 2 heterocycles.